The number of benzene rings is 1. The Morgan fingerprint density at radius 2 is 1.72 bits per heavy atom. The Balaban J connectivity index is 1.58. The van der Waals surface area contributed by atoms with Crippen LogP contribution in [0.3, 0.4) is 0 Å². The van der Waals surface area contributed by atoms with E-state index < -0.39 is 28.5 Å². The quantitative estimate of drug-likeness (QED) is 0.461. The topological polar surface area (TPSA) is 129 Å². The van der Waals surface area contributed by atoms with E-state index in [0.29, 0.717) is 22.8 Å². The van der Waals surface area contributed by atoms with Gasteiger partial charge in [-0.2, -0.15) is 0 Å². The lowest BCUT2D eigenvalue weighted by Crippen LogP contribution is -2.29. The number of hydrogen-bond acceptors (Lipinski definition) is 9. The van der Waals surface area contributed by atoms with E-state index in [4.69, 9.17) is 18.9 Å². The second-order valence-electron chi connectivity index (χ2n) is 6.88. The average Bonchev–Trinajstić information content (AvgIpc) is 3.43. The van der Waals surface area contributed by atoms with Crippen molar-refractivity contribution in [1.29, 1.82) is 0 Å². The van der Waals surface area contributed by atoms with Gasteiger partial charge in [-0.25, -0.2) is 17.9 Å². The van der Waals surface area contributed by atoms with Crippen LogP contribution in [0.2, 0.25) is 0 Å². The van der Waals surface area contributed by atoms with Crippen molar-refractivity contribution in [3.63, 3.8) is 0 Å². The number of thiophene rings is 1. The van der Waals surface area contributed by atoms with Crippen molar-refractivity contribution in [1.82, 2.24) is 10.0 Å². The highest BCUT2D eigenvalue weighted by atomic mass is 32.2. The van der Waals surface area contributed by atoms with E-state index in [1.165, 1.54) is 32.8 Å². The lowest BCUT2D eigenvalue weighted by molar-refractivity contribution is -0.124. The fraction of sp³-hybridized carbons (Fsp3) is 0.400. The first-order valence-corrected chi connectivity index (χ1v) is 12.0. The van der Waals surface area contributed by atoms with E-state index in [1.54, 1.807) is 12.1 Å². The van der Waals surface area contributed by atoms with Crippen molar-refractivity contribution in [2.45, 2.75) is 30.3 Å². The molecule has 2 N–H and O–H groups in total. The Hall–Kier alpha value is -2.83. The standard InChI is InChI=1S/C20H24N2O8S2/c1-27-14-9-16(29-3)15(28-2)8-12(14)10-21-18(23)11-30-20(24)19-17(6-7-31-19)32(25,26)22-13-4-5-13/h6-9,13,22H,4-5,10-11H2,1-3H3,(H,21,23). The van der Waals surface area contributed by atoms with Gasteiger partial charge in [-0.3, -0.25) is 4.79 Å². The van der Waals surface area contributed by atoms with Crippen molar-refractivity contribution in [3.8, 4) is 17.2 Å². The molecule has 1 aliphatic rings. The molecule has 1 aliphatic carbocycles. The molecule has 1 aromatic carbocycles. The monoisotopic (exact) mass is 484 g/mol. The Bertz CT molecular complexity index is 1090. The van der Waals surface area contributed by atoms with Crippen LogP contribution in [0.25, 0.3) is 0 Å². The van der Waals surface area contributed by atoms with E-state index in [2.05, 4.69) is 10.0 Å². The second kappa shape index (κ2) is 10.2. The first-order chi connectivity index (χ1) is 15.3. The molecule has 0 radical (unpaired) electrons. The van der Waals surface area contributed by atoms with E-state index >= 15 is 0 Å². The summed E-state index contributed by atoms with van der Waals surface area (Å²) >= 11 is 0.939. The number of carbonyl (C=O) groups is 2. The maximum atomic E-state index is 12.4. The fourth-order valence-corrected chi connectivity index (χ4v) is 5.43. The van der Waals surface area contributed by atoms with Gasteiger partial charge < -0.3 is 24.3 Å². The summed E-state index contributed by atoms with van der Waals surface area (Å²) < 4.78 is 48.1. The SMILES string of the molecule is COc1cc(OC)c(OC)cc1CNC(=O)COC(=O)c1sccc1S(=O)(=O)NC1CC1. The molecule has 0 aliphatic heterocycles. The number of amides is 1. The predicted molar refractivity (Wildman–Crippen MR) is 116 cm³/mol. The number of hydrogen-bond donors (Lipinski definition) is 2. The van der Waals surface area contributed by atoms with Gasteiger partial charge in [0, 0.05) is 24.2 Å². The summed E-state index contributed by atoms with van der Waals surface area (Å²) in [6, 6.07) is 4.55. The molecule has 1 saturated carbocycles. The Morgan fingerprint density at radius 1 is 1.06 bits per heavy atom. The molecule has 0 unspecified atom stereocenters. The van der Waals surface area contributed by atoms with Gasteiger partial charge in [-0.05, 0) is 30.4 Å². The molecule has 1 heterocycles. The van der Waals surface area contributed by atoms with Crippen LogP contribution in [0.1, 0.15) is 28.1 Å². The lowest BCUT2D eigenvalue weighted by atomic mass is 10.1. The molecule has 1 fully saturated rings. The summed E-state index contributed by atoms with van der Waals surface area (Å²) in [7, 11) is 0.665. The van der Waals surface area contributed by atoms with Gasteiger partial charge in [0.2, 0.25) is 10.0 Å². The number of nitrogens with one attached hydrogen (secondary N) is 2. The van der Waals surface area contributed by atoms with E-state index in [0.717, 1.165) is 24.2 Å². The third-order valence-corrected chi connectivity index (χ3v) is 7.19. The minimum Gasteiger partial charge on any atom is -0.496 e. The van der Waals surface area contributed by atoms with Crippen LogP contribution in [0, 0.1) is 0 Å². The van der Waals surface area contributed by atoms with Crippen LogP contribution < -0.4 is 24.2 Å². The third kappa shape index (κ3) is 5.69. The molecule has 10 nitrogen and oxygen atoms in total. The van der Waals surface area contributed by atoms with Crippen molar-refractivity contribution in [2.75, 3.05) is 27.9 Å². The molecule has 0 bridgehead atoms. The molecule has 12 heteroatoms. The first kappa shape index (κ1) is 23.8. The zero-order chi connectivity index (χ0) is 23.3. The lowest BCUT2D eigenvalue weighted by Gasteiger charge is -2.14. The van der Waals surface area contributed by atoms with Crippen LogP contribution in [-0.4, -0.2) is 54.3 Å². The minimum absolute atomic E-state index is 0.0764. The summed E-state index contributed by atoms with van der Waals surface area (Å²) in [4.78, 5) is 24.3. The molecule has 0 saturated heterocycles. The summed E-state index contributed by atoms with van der Waals surface area (Å²) in [5.74, 6) is -0.0136. The zero-order valence-electron chi connectivity index (χ0n) is 17.8. The molecular weight excluding hydrogens is 460 g/mol. The predicted octanol–water partition coefficient (Wildman–Crippen LogP) is 1.69. The zero-order valence-corrected chi connectivity index (χ0v) is 19.4. The van der Waals surface area contributed by atoms with Crippen LogP contribution in [0.15, 0.2) is 28.5 Å². The van der Waals surface area contributed by atoms with Crippen LogP contribution in [0.5, 0.6) is 17.2 Å². The Labute approximate surface area is 189 Å². The maximum absolute atomic E-state index is 12.4. The number of carbonyl (C=O) groups excluding carboxylic acids is 2. The van der Waals surface area contributed by atoms with Gasteiger partial charge in [0.1, 0.15) is 15.5 Å². The molecule has 2 aromatic rings. The smallest absolute Gasteiger partial charge is 0.350 e. The number of ether oxygens (including phenoxy) is 4. The molecule has 32 heavy (non-hydrogen) atoms. The third-order valence-electron chi connectivity index (χ3n) is 4.60. The normalized spacial score (nSPS) is 13.3. The molecule has 3 rings (SSSR count). The number of sulfonamides is 1. The van der Waals surface area contributed by atoms with Gasteiger partial charge in [-0.15, -0.1) is 11.3 Å². The van der Waals surface area contributed by atoms with Crippen LogP contribution in [-0.2, 0) is 26.1 Å². The number of methoxy groups -OCH3 is 3. The fourth-order valence-electron chi connectivity index (χ4n) is 2.81. The highest BCUT2D eigenvalue weighted by Crippen LogP contribution is 2.34. The van der Waals surface area contributed by atoms with Crippen molar-refractivity contribution in [3.05, 3.63) is 34.0 Å². The first-order valence-electron chi connectivity index (χ1n) is 9.61. The molecule has 0 atom stereocenters. The highest BCUT2D eigenvalue weighted by molar-refractivity contribution is 7.89. The minimum atomic E-state index is -3.81. The van der Waals surface area contributed by atoms with Gasteiger partial charge >= 0.3 is 5.97 Å². The number of rotatable bonds is 11. The van der Waals surface area contributed by atoms with Crippen molar-refractivity contribution >= 4 is 33.2 Å². The summed E-state index contributed by atoms with van der Waals surface area (Å²) in [6.45, 7) is -0.480. The van der Waals surface area contributed by atoms with Gasteiger partial charge in [0.15, 0.2) is 18.1 Å². The summed E-state index contributed by atoms with van der Waals surface area (Å²) in [6.07, 6.45) is 1.54. The van der Waals surface area contributed by atoms with Gasteiger partial charge in [-0.1, -0.05) is 0 Å². The van der Waals surface area contributed by atoms with Crippen molar-refractivity contribution in [2.24, 2.45) is 0 Å². The maximum Gasteiger partial charge on any atom is 0.350 e. The molecule has 174 valence electrons. The van der Waals surface area contributed by atoms with Crippen molar-refractivity contribution < 1.29 is 37.0 Å². The summed E-state index contributed by atoms with van der Waals surface area (Å²) in [5, 5.41) is 4.11. The Kier molecular flexibility index (Phi) is 7.59. The van der Waals surface area contributed by atoms with E-state index in [-0.39, 0.29) is 22.4 Å². The van der Waals surface area contributed by atoms with E-state index in [1.807, 2.05) is 0 Å². The highest BCUT2D eigenvalue weighted by Gasteiger charge is 2.31. The van der Waals surface area contributed by atoms with Gasteiger partial charge in [0.25, 0.3) is 5.91 Å². The van der Waals surface area contributed by atoms with Crippen LogP contribution >= 0.6 is 11.3 Å². The molecule has 0 spiro atoms. The molecule has 1 aromatic heterocycles. The average molecular weight is 485 g/mol. The van der Waals surface area contributed by atoms with Gasteiger partial charge in [0.05, 0.1) is 21.3 Å². The molecule has 1 amide bonds. The largest absolute Gasteiger partial charge is 0.496 e. The number of esters is 1. The molecular formula is C20H24N2O8S2. The Morgan fingerprint density at radius 3 is 2.34 bits per heavy atom. The second-order valence-corrected chi connectivity index (χ2v) is 9.48. The van der Waals surface area contributed by atoms with E-state index in [9.17, 15) is 18.0 Å². The van der Waals surface area contributed by atoms with Crippen LogP contribution in [0.4, 0.5) is 0 Å². The summed E-state index contributed by atoms with van der Waals surface area (Å²) in [5.41, 5.74) is 0.627.